The maximum absolute atomic E-state index is 13.2. The van der Waals surface area contributed by atoms with E-state index in [-0.39, 0.29) is 35.8 Å². The molecule has 0 saturated carbocycles. The molecule has 0 spiro atoms. The maximum atomic E-state index is 13.2. The van der Waals surface area contributed by atoms with Crippen molar-refractivity contribution < 1.29 is 23.5 Å². The van der Waals surface area contributed by atoms with Crippen molar-refractivity contribution in [2.45, 2.75) is 90.4 Å². The zero-order valence-electron chi connectivity index (χ0n) is 42.4. The van der Waals surface area contributed by atoms with E-state index in [1.807, 2.05) is 92.2 Å². The number of nitrogens with zero attached hydrogens (tertiary/aromatic N) is 8. The van der Waals surface area contributed by atoms with Crippen LogP contribution in [0.15, 0.2) is 108 Å². The number of thiazole rings is 2. The van der Waals surface area contributed by atoms with Gasteiger partial charge >= 0.3 is 12.1 Å². The average molecular weight is 1050 g/mol. The molecule has 9 rings (SSSR count). The third kappa shape index (κ3) is 16.0. The average Bonchev–Trinajstić information content (AvgIpc) is 4.20. The molecule has 5 heterocycles. The fourth-order valence-corrected chi connectivity index (χ4v) is 11.1. The molecule has 390 valence electrons. The molecule has 2 aliphatic rings. The Kier molecular flexibility index (Phi) is 19.0. The molecule has 0 bridgehead atoms. The van der Waals surface area contributed by atoms with Gasteiger partial charge in [-0.1, -0.05) is 24.3 Å². The molecule has 4 aromatic carbocycles. The van der Waals surface area contributed by atoms with Gasteiger partial charge in [0, 0.05) is 103 Å². The van der Waals surface area contributed by atoms with Gasteiger partial charge in [0.2, 0.25) is 0 Å². The number of hydrogen-bond donors (Lipinski definition) is 5. The molecular formula is C55H66F2N12O3S2. The van der Waals surface area contributed by atoms with Crippen LogP contribution in [0.1, 0.15) is 69.1 Å². The molecule has 5 atom stereocenters. The largest absolute Gasteiger partial charge is 0.378 e. The Morgan fingerprint density at radius 3 is 1.85 bits per heavy atom. The molecule has 0 aliphatic carbocycles. The predicted octanol–water partition coefficient (Wildman–Crippen LogP) is 10.4. The van der Waals surface area contributed by atoms with Crippen LogP contribution in [0.5, 0.6) is 0 Å². The summed E-state index contributed by atoms with van der Waals surface area (Å²) in [6, 6.07) is 24.4. The van der Waals surface area contributed by atoms with E-state index in [9.17, 15) is 23.5 Å². The van der Waals surface area contributed by atoms with E-state index in [0.29, 0.717) is 35.5 Å². The summed E-state index contributed by atoms with van der Waals surface area (Å²) in [7, 11) is 1.78. The number of aliphatic hydroxyl groups excluding tert-OH is 1. The Bertz CT molecular complexity index is 2820. The number of likely N-dealkylation sites (tertiary alicyclic amines) is 2. The van der Waals surface area contributed by atoms with E-state index in [1.54, 1.807) is 36.3 Å². The standard InChI is InChI=1S/C29H32FN5O2S2.C26H34FN7O/c1-19(13-26(36)35-10-2-3-21(18-35)14-20-4-6-24(30)7-5-20)33-29(37)34-25-16-22(27-31-8-11-38-27)15-23(17-25)28-32-9-12-39-28;1-18-13-22(25-30-31-32-33(25)3)16-24(14-18)29-26(35)28-19(2)10-12-34-11-4-5-21(17-34)15-20-6-8-23(27)9-7-20/h4-9,11-12,15-17,19,21,26,36H,2-3,10,13-14,18H2,1H3,(H2,33,34,37);6-9,13-14,16,19,21H,4-5,10-12,15,17H2,1-3H3,(H2,28,29,35)/t19-,21+,26-;19-,21+/m11/s1. The minimum atomic E-state index is -0.652. The van der Waals surface area contributed by atoms with Crippen LogP contribution in [-0.2, 0) is 19.9 Å². The SMILES string of the molecule is C[C@H](C[C@@H](O)N1CCC[C@@H](Cc2ccc(F)cc2)C1)NC(=O)Nc1cc(-c2nccs2)cc(-c2nccs2)c1.Cc1cc(NC(=O)N[C@H](C)CCN2CCC[C@@H](Cc3ccc(F)cc3)C2)cc(-c2nnnn2C)c1. The molecule has 2 fully saturated rings. The number of aromatic nitrogens is 6. The fraction of sp³-hybridized carbons (Fsp3) is 0.400. The van der Waals surface area contributed by atoms with Gasteiger partial charge in [-0.05, 0) is 172 Å². The summed E-state index contributed by atoms with van der Waals surface area (Å²) in [4.78, 5) is 38.9. The second-order valence-electron chi connectivity index (χ2n) is 19.7. The Labute approximate surface area is 439 Å². The van der Waals surface area contributed by atoms with Gasteiger partial charge in [-0.15, -0.1) is 27.8 Å². The highest BCUT2D eigenvalue weighted by Crippen LogP contribution is 2.33. The molecule has 5 N–H and O–H groups in total. The van der Waals surface area contributed by atoms with Gasteiger partial charge < -0.3 is 31.3 Å². The van der Waals surface area contributed by atoms with Crippen LogP contribution in [0.25, 0.3) is 32.5 Å². The first-order valence-electron chi connectivity index (χ1n) is 25.4. The van der Waals surface area contributed by atoms with Gasteiger partial charge in [-0.3, -0.25) is 4.90 Å². The van der Waals surface area contributed by atoms with Crippen LogP contribution in [0, 0.1) is 30.4 Å². The van der Waals surface area contributed by atoms with Crippen LogP contribution in [0.4, 0.5) is 29.7 Å². The number of carbonyl (C=O) groups is 2. The minimum absolute atomic E-state index is 0.0414. The number of carbonyl (C=O) groups excluding carboxylic acids is 2. The lowest BCUT2D eigenvalue weighted by molar-refractivity contribution is -0.0306. The van der Waals surface area contributed by atoms with E-state index >= 15 is 0 Å². The van der Waals surface area contributed by atoms with Crippen LogP contribution in [0.2, 0.25) is 0 Å². The number of aliphatic hydroxyl groups is 1. The van der Waals surface area contributed by atoms with Gasteiger partial charge in [0.15, 0.2) is 5.82 Å². The molecule has 4 amide bonds. The zero-order chi connectivity index (χ0) is 52.0. The minimum Gasteiger partial charge on any atom is -0.378 e. The second kappa shape index (κ2) is 26.1. The molecule has 0 radical (unpaired) electrons. The van der Waals surface area contributed by atoms with Crippen LogP contribution in [0.3, 0.4) is 0 Å². The Morgan fingerprint density at radius 2 is 1.28 bits per heavy atom. The number of anilines is 2. The van der Waals surface area contributed by atoms with Crippen molar-refractivity contribution >= 4 is 46.1 Å². The van der Waals surface area contributed by atoms with Crippen molar-refractivity contribution in [3.8, 4) is 32.5 Å². The summed E-state index contributed by atoms with van der Waals surface area (Å²) in [5.74, 6) is 1.22. The topological polar surface area (TPSA) is 178 Å². The number of nitrogens with one attached hydrogen (secondary N) is 4. The lowest BCUT2D eigenvalue weighted by atomic mass is 9.91. The van der Waals surface area contributed by atoms with Gasteiger partial charge in [-0.2, -0.15) is 0 Å². The number of hydrogen-bond acceptors (Lipinski definition) is 12. The Morgan fingerprint density at radius 1 is 0.730 bits per heavy atom. The number of tetrazole rings is 1. The van der Waals surface area contributed by atoms with Crippen LogP contribution >= 0.6 is 22.7 Å². The van der Waals surface area contributed by atoms with Gasteiger partial charge in [-0.25, -0.2) is 33.0 Å². The molecule has 74 heavy (non-hydrogen) atoms. The molecule has 15 nitrogen and oxygen atoms in total. The van der Waals surface area contributed by atoms with Gasteiger partial charge in [0.05, 0.1) is 0 Å². The molecule has 2 saturated heterocycles. The van der Waals surface area contributed by atoms with Crippen molar-refractivity contribution in [3.63, 3.8) is 0 Å². The van der Waals surface area contributed by atoms with E-state index < -0.39 is 6.23 Å². The molecule has 3 aromatic heterocycles. The highest BCUT2D eigenvalue weighted by Gasteiger charge is 2.27. The summed E-state index contributed by atoms with van der Waals surface area (Å²) in [5, 5.41) is 40.1. The zero-order valence-corrected chi connectivity index (χ0v) is 44.0. The monoisotopic (exact) mass is 1040 g/mol. The van der Waals surface area contributed by atoms with Crippen molar-refractivity contribution in [3.05, 3.63) is 136 Å². The van der Waals surface area contributed by atoms with Crippen LogP contribution in [-0.4, -0.2) is 108 Å². The van der Waals surface area contributed by atoms with Crippen molar-refractivity contribution in [2.75, 3.05) is 43.4 Å². The highest BCUT2D eigenvalue weighted by atomic mass is 32.1. The van der Waals surface area contributed by atoms with Crippen molar-refractivity contribution in [1.29, 1.82) is 0 Å². The van der Waals surface area contributed by atoms with Gasteiger partial charge in [0.25, 0.3) is 0 Å². The van der Waals surface area contributed by atoms with Crippen LogP contribution < -0.4 is 21.3 Å². The number of benzene rings is 4. The summed E-state index contributed by atoms with van der Waals surface area (Å²) in [6.07, 6.45) is 10.5. The number of halogens is 2. The summed E-state index contributed by atoms with van der Waals surface area (Å²) in [5.41, 5.74) is 7.34. The number of aryl methyl sites for hydroxylation is 2. The first kappa shape index (κ1) is 53.8. The Hall–Kier alpha value is -6.51. The summed E-state index contributed by atoms with van der Waals surface area (Å²) < 4.78 is 28.0. The van der Waals surface area contributed by atoms with Crippen molar-refractivity contribution in [2.24, 2.45) is 18.9 Å². The van der Waals surface area contributed by atoms with Crippen molar-refractivity contribution in [1.82, 2.24) is 50.6 Å². The Balaban J connectivity index is 0.000000198. The highest BCUT2D eigenvalue weighted by molar-refractivity contribution is 7.13. The fourth-order valence-electron chi connectivity index (χ4n) is 9.85. The predicted molar refractivity (Wildman–Crippen MR) is 290 cm³/mol. The molecule has 19 heteroatoms. The maximum Gasteiger partial charge on any atom is 0.319 e. The third-order valence-corrected chi connectivity index (χ3v) is 15.1. The molecular weight excluding hydrogens is 979 g/mol. The number of piperidine rings is 2. The third-order valence-electron chi connectivity index (χ3n) is 13.4. The first-order valence-corrected chi connectivity index (χ1v) is 27.1. The first-order chi connectivity index (χ1) is 35.8. The van der Waals surface area contributed by atoms with E-state index in [2.05, 4.69) is 56.6 Å². The lowest BCUT2D eigenvalue weighted by Crippen LogP contribution is -2.47. The van der Waals surface area contributed by atoms with Gasteiger partial charge in [0.1, 0.15) is 27.9 Å². The summed E-state index contributed by atoms with van der Waals surface area (Å²) in [6.45, 7) is 10.6. The number of amides is 4. The number of urea groups is 2. The van der Waals surface area contributed by atoms with E-state index in [4.69, 9.17) is 0 Å². The smallest absolute Gasteiger partial charge is 0.319 e. The van der Waals surface area contributed by atoms with E-state index in [1.165, 1.54) is 53.2 Å². The molecule has 2 aliphatic heterocycles. The quantitative estimate of drug-likeness (QED) is 0.0590. The molecule has 0 unspecified atom stereocenters. The summed E-state index contributed by atoms with van der Waals surface area (Å²) >= 11 is 3.07. The lowest BCUT2D eigenvalue weighted by Gasteiger charge is -2.37. The number of rotatable bonds is 17. The van der Waals surface area contributed by atoms with E-state index in [0.717, 1.165) is 103 Å². The second-order valence-corrected chi connectivity index (χ2v) is 21.5. The molecule has 7 aromatic rings. The normalized spacial score (nSPS) is 17.3.